The number of nitrogens with two attached hydrogens (primary N) is 1. The molecule has 20 heavy (non-hydrogen) atoms. The standard InChI is InChI=1S/C16H17BrN2S/c1-2-3-11-4-6-12(7-5-11)19-13-8-9-14(16(18)20)15(17)10-13/h4-10,19H,2-3H2,1H3,(H2,18,20). The van der Waals surface area contributed by atoms with E-state index < -0.39 is 0 Å². The first-order chi connectivity index (χ1) is 9.60. The van der Waals surface area contributed by atoms with Crippen molar-refractivity contribution in [3.63, 3.8) is 0 Å². The molecule has 0 aliphatic rings. The van der Waals surface area contributed by atoms with Gasteiger partial charge in [0.25, 0.3) is 0 Å². The van der Waals surface area contributed by atoms with Crippen molar-refractivity contribution in [3.8, 4) is 0 Å². The van der Waals surface area contributed by atoms with Crippen molar-refractivity contribution in [1.29, 1.82) is 0 Å². The lowest BCUT2D eigenvalue weighted by molar-refractivity contribution is 0.922. The zero-order valence-electron chi connectivity index (χ0n) is 11.3. The number of aryl methyl sites for hydroxylation is 1. The zero-order valence-corrected chi connectivity index (χ0v) is 13.7. The summed E-state index contributed by atoms with van der Waals surface area (Å²) in [6.45, 7) is 2.19. The van der Waals surface area contributed by atoms with Gasteiger partial charge in [-0.05, 0) is 58.2 Å². The molecule has 2 aromatic rings. The van der Waals surface area contributed by atoms with Crippen molar-refractivity contribution in [2.45, 2.75) is 19.8 Å². The van der Waals surface area contributed by atoms with E-state index in [1.54, 1.807) is 0 Å². The van der Waals surface area contributed by atoms with Gasteiger partial charge in [-0.3, -0.25) is 0 Å². The molecule has 0 saturated heterocycles. The van der Waals surface area contributed by atoms with Gasteiger partial charge < -0.3 is 11.1 Å². The summed E-state index contributed by atoms with van der Waals surface area (Å²) in [5.41, 5.74) is 9.93. The molecule has 0 saturated carbocycles. The molecule has 2 aromatic carbocycles. The van der Waals surface area contributed by atoms with Gasteiger partial charge in [-0.1, -0.05) is 37.7 Å². The molecule has 0 unspecified atom stereocenters. The maximum Gasteiger partial charge on any atom is 0.105 e. The second kappa shape index (κ2) is 6.86. The smallest absolute Gasteiger partial charge is 0.105 e. The Morgan fingerprint density at radius 2 is 1.80 bits per heavy atom. The third kappa shape index (κ3) is 3.81. The molecular formula is C16H17BrN2S. The van der Waals surface area contributed by atoms with Crippen LogP contribution in [0.2, 0.25) is 0 Å². The minimum atomic E-state index is 0.396. The Bertz CT molecular complexity index is 608. The van der Waals surface area contributed by atoms with E-state index in [1.165, 1.54) is 12.0 Å². The molecule has 4 heteroatoms. The summed E-state index contributed by atoms with van der Waals surface area (Å²) in [6.07, 6.45) is 2.29. The lowest BCUT2D eigenvalue weighted by Crippen LogP contribution is -2.10. The van der Waals surface area contributed by atoms with Crippen molar-refractivity contribution in [2.75, 3.05) is 5.32 Å². The van der Waals surface area contributed by atoms with Crippen LogP contribution in [0.1, 0.15) is 24.5 Å². The lowest BCUT2D eigenvalue weighted by atomic mass is 10.1. The van der Waals surface area contributed by atoms with Gasteiger partial charge in [0.2, 0.25) is 0 Å². The average molecular weight is 349 g/mol. The van der Waals surface area contributed by atoms with E-state index in [2.05, 4.69) is 52.4 Å². The third-order valence-corrected chi connectivity index (χ3v) is 3.89. The van der Waals surface area contributed by atoms with Crippen LogP contribution in [0.25, 0.3) is 0 Å². The molecule has 0 heterocycles. The van der Waals surface area contributed by atoms with Crippen LogP contribution in [-0.2, 0) is 6.42 Å². The molecule has 0 aliphatic heterocycles. The normalized spacial score (nSPS) is 10.3. The van der Waals surface area contributed by atoms with Crippen molar-refractivity contribution in [3.05, 3.63) is 58.1 Å². The highest BCUT2D eigenvalue weighted by atomic mass is 79.9. The quantitative estimate of drug-likeness (QED) is 0.763. The Morgan fingerprint density at radius 3 is 2.35 bits per heavy atom. The maximum atomic E-state index is 5.64. The molecule has 2 nitrogen and oxygen atoms in total. The summed E-state index contributed by atoms with van der Waals surface area (Å²) in [6, 6.07) is 14.4. The molecule has 0 atom stereocenters. The maximum absolute atomic E-state index is 5.64. The molecule has 104 valence electrons. The van der Waals surface area contributed by atoms with E-state index >= 15 is 0 Å². The minimum absolute atomic E-state index is 0.396. The van der Waals surface area contributed by atoms with Gasteiger partial charge in [0, 0.05) is 21.4 Å². The fraction of sp³-hybridized carbons (Fsp3) is 0.188. The monoisotopic (exact) mass is 348 g/mol. The van der Waals surface area contributed by atoms with Crippen LogP contribution in [-0.4, -0.2) is 4.99 Å². The Morgan fingerprint density at radius 1 is 1.15 bits per heavy atom. The number of halogens is 1. The van der Waals surface area contributed by atoms with Crippen LogP contribution in [0.5, 0.6) is 0 Å². The van der Waals surface area contributed by atoms with Gasteiger partial charge >= 0.3 is 0 Å². The topological polar surface area (TPSA) is 38.0 Å². The molecule has 3 N–H and O–H groups in total. The first-order valence-corrected chi connectivity index (χ1v) is 7.75. The van der Waals surface area contributed by atoms with Crippen LogP contribution in [0.3, 0.4) is 0 Å². The van der Waals surface area contributed by atoms with Gasteiger partial charge in [0.05, 0.1) is 0 Å². The summed E-state index contributed by atoms with van der Waals surface area (Å²) in [4.78, 5) is 0.396. The molecule has 0 fully saturated rings. The Kier molecular flexibility index (Phi) is 5.15. The van der Waals surface area contributed by atoms with E-state index in [0.717, 1.165) is 27.8 Å². The largest absolute Gasteiger partial charge is 0.389 e. The van der Waals surface area contributed by atoms with Crippen LogP contribution in [0, 0.1) is 0 Å². The number of anilines is 2. The summed E-state index contributed by atoms with van der Waals surface area (Å²) in [5, 5.41) is 3.37. The molecule has 2 rings (SSSR count). The fourth-order valence-electron chi connectivity index (χ4n) is 2.00. The van der Waals surface area contributed by atoms with Gasteiger partial charge in [0.1, 0.15) is 4.99 Å². The second-order valence-corrected chi connectivity index (χ2v) is 5.92. The van der Waals surface area contributed by atoms with Gasteiger partial charge in [-0.15, -0.1) is 0 Å². The first kappa shape index (κ1) is 15.0. The van der Waals surface area contributed by atoms with Crippen molar-refractivity contribution in [2.24, 2.45) is 5.73 Å². The lowest BCUT2D eigenvalue weighted by Gasteiger charge is -2.10. The summed E-state index contributed by atoms with van der Waals surface area (Å²) in [5.74, 6) is 0. The van der Waals surface area contributed by atoms with Crippen LogP contribution in [0.15, 0.2) is 46.9 Å². The molecule has 0 aromatic heterocycles. The van der Waals surface area contributed by atoms with Crippen LogP contribution >= 0.6 is 28.1 Å². The van der Waals surface area contributed by atoms with Crippen molar-refractivity contribution >= 4 is 44.5 Å². The number of thiocarbonyl (C=S) groups is 1. The van der Waals surface area contributed by atoms with E-state index in [0.29, 0.717) is 4.99 Å². The molecule has 0 aliphatic carbocycles. The van der Waals surface area contributed by atoms with Gasteiger partial charge in [-0.25, -0.2) is 0 Å². The van der Waals surface area contributed by atoms with E-state index in [9.17, 15) is 0 Å². The molecule has 0 bridgehead atoms. The summed E-state index contributed by atoms with van der Waals surface area (Å²) in [7, 11) is 0. The number of hydrogen-bond acceptors (Lipinski definition) is 2. The average Bonchev–Trinajstić information content (AvgIpc) is 2.41. The second-order valence-electron chi connectivity index (χ2n) is 4.63. The van der Waals surface area contributed by atoms with Gasteiger partial charge in [-0.2, -0.15) is 0 Å². The van der Waals surface area contributed by atoms with E-state index in [-0.39, 0.29) is 0 Å². The number of nitrogens with one attached hydrogen (secondary N) is 1. The number of benzene rings is 2. The van der Waals surface area contributed by atoms with Crippen molar-refractivity contribution in [1.82, 2.24) is 0 Å². The minimum Gasteiger partial charge on any atom is -0.389 e. The Labute approximate surface area is 133 Å². The Balaban J connectivity index is 2.13. The van der Waals surface area contributed by atoms with E-state index in [4.69, 9.17) is 18.0 Å². The zero-order chi connectivity index (χ0) is 14.5. The summed E-state index contributed by atoms with van der Waals surface area (Å²) < 4.78 is 0.901. The first-order valence-electron chi connectivity index (χ1n) is 6.55. The molecule has 0 radical (unpaired) electrons. The fourth-order valence-corrected chi connectivity index (χ4v) is 2.90. The predicted molar refractivity (Wildman–Crippen MR) is 93.7 cm³/mol. The van der Waals surface area contributed by atoms with Crippen LogP contribution < -0.4 is 11.1 Å². The van der Waals surface area contributed by atoms with Crippen LogP contribution in [0.4, 0.5) is 11.4 Å². The van der Waals surface area contributed by atoms with E-state index in [1.807, 2.05) is 18.2 Å². The Hall–Kier alpha value is -1.39. The molecular weight excluding hydrogens is 332 g/mol. The predicted octanol–water partition coefficient (Wildman–Crippen LogP) is 4.78. The van der Waals surface area contributed by atoms with Crippen molar-refractivity contribution < 1.29 is 0 Å². The SMILES string of the molecule is CCCc1ccc(Nc2ccc(C(N)=S)c(Br)c2)cc1. The number of rotatable bonds is 5. The highest BCUT2D eigenvalue weighted by molar-refractivity contribution is 9.10. The highest BCUT2D eigenvalue weighted by Crippen LogP contribution is 2.24. The highest BCUT2D eigenvalue weighted by Gasteiger charge is 2.04. The third-order valence-electron chi connectivity index (χ3n) is 3.02. The molecule has 0 amide bonds. The van der Waals surface area contributed by atoms with Gasteiger partial charge in [0.15, 0.2) is 0 Å². The number of hydrogen-bond donors (Lipinski definition) is 2. The summed E-state index contributed by atoms with van der Waals surface area (Å²) >= 11 is 8.47. The molecule has 0 spiro atoms.